The zero-order chi connectivity index (χ0) is 14.0. The molecule has 5 nitrogen and oxygen atoms in total. The maximum absolute atomic E-state index is 12.2. The fraction of sp³-hybridized carbons (Fsp3) is 0.200. The van der Waals surface area contributed by atoms with Gasteiger partial charge in [-0.2, -0.15) is 13.2 Å². The Hall–Kier alpha value is -1.77. The van der Waals surface area contributed by atoms with Crippen LogP contribution in [0.3, 0.4) is 0 Å². The van der Waals surface area contributed by atoms with Gasteiger partial charge in [0.05, 0.1) is 18.4 Å². The monoisotopic (exact) mass is 334 g/mol. The van der Waals surface area contributed by atoms with Crippen molar-refractivity contribution in [2.45, 2.75) is 12.7 Å². The van der Waals surface area contributed by atoms with E-state index in [9.17, 15) is 18.0 Å². The van der Waals surface area contributed by atoms with Crippen molar-refractivity contribution in [1.29, 1.82) is 0 Å². The summed E-state index contributed by atoms with van der Waals surface area (Å²) in [6, 6.07) is 3.41. The molecule has 19 heavy (non-hydrogen) atoms. The van der Waals surface area contributed by atoms with Gasteiger partial charge in [0.25, 0.3) is 5.78 Å². The summed E-state index contributed by atoms with van der Waals surface area (Å²) in [7, 11) is 0. The molecule has 2 rings (SSSR count). The number of alkyl halides is 3. The quantitative estimate of drug-likeness (QED) is 0.807. The first-order chi connectivity index (χ1) is 8.86. The van der Waals surface area contributed by atoms with Gasteiger partial charge in [0, 0.05) is 10.7 Å². The Morgan fingerprint density at radius 2 is 2.11 bits per heavy atom. The highest BCUT2D eigenvalue weighted by Crippen LogP contribution is 2.20. The first-order valence-corrected chi connectivity index (χ1v) is 5.77. The van der Waals surface area contributed by atoms with Crippen LogP contribution in [0.25, 0.3) is 0 Å². The van der Waals surface area contributed by atoms with E-state index < -0.39 is 17.7 Å². The maximum atomic E-state index is 12.2. The second-order valence-electron chi connectivity index (χ2n) is 3.60. The van der Waals surface area contributed by atoms with Gasteiger partial charge in [0.15, 0.2) is 5.69 Å². The molecule has 0 aliphatic rings. The Balaban J connectivity index is 2.14. The number of ketones is 1. The fourth-order valence-corrected chi connectivity index (χ4v) is 1.53. The molecule has 0 atom stereocenters. The molecule has 0 aromatic carbocycles. The van der Waals surface area contributed by atoms with Gasteiger partial charge in [-0.05, 0) is 28.1 Å². The summed E-state index contributed by atoms with van der Waals surface area (Å²) in [5.74, 6) is -2.01. The second-order valence-corrected chi connectivity index (χ2v) is 4.51. The molecule has 0 saturated carbocycles. The number of carbonyl (C=O) groups is 1. The third kappa shape index (κ3) is 3.37. The molecule has 2 heterocycles. The van der Waals surface area contributed by atoms with Gasteiger partial charge >= 0.3 is 6.18 Å². The molecule has 100 valence electrons. The number of aromatic nitrogens is 4. The van der Waals surface area contributed by atoms with E-state index in [1.807, 2.05) is 0 Å². The standard InChI is InChI=1S/C10H6BrF3N4O/c11-6-1-2-7(15-3-6)4-18-5-8(16-17-18)9(19)10(12,13)14/h1-3,5H,4H2. The molecular weight excluding hydrogens is 329 g/mol. The van der Waals surface area contributed by atoms with Crippen LogP contribution in [-0.4, -0.2) is 31.9 Å². The first kappa shape index (κ1) is 13.7. The Bertz CT molecular complexity index is 594. The summed E-state index contributed by atoms with van der Waals surface area (Å²) in [4.78, 5) is 14.9. The molecule has 0 radical (unpaired) electrons. The minimum absolute atomic E-state index is 0.130. The van der Waals surface area contributed by atoms with Gasteiger partial charge in [-0.15, -0.1) is 5.10 Å². The van der Waals surface area contributed by atoms with Crippen LogP contribution in [0, 0.1) is 0 Å². The van der Waals surface area contributed by atoms with Gasteiger partial charge in [-0.1, -0.05) is 5.21 Å². The normalized spacial score (nSPS) is 11.6. The summed E-state index contributed by atoms with van der Waals surface area (Å²) < 4.78 is 38.4. The zero-order valence-electron chi connectivity index (χ0n) is 9.23. The summed E-state index contributed by atoms with van der Waals surface area (Å²) >= 11 is 3.21. The minimum atomic E-state index is -4.95. The minimum Gasteiger partial charge on any atom is -0.282 e. The molecule has 0 unspecified atom stereocenters. The van der Waals surface area contributed by atoms with Crippen LogP contribution in [0.4, 0.5) is 13.2 Å². The summed E-state index contributed by atoms with van der Waals surface area (Å²) in [5.41, 5.74) is -0.149. The van der Waals surface area contributed by atoms with Crippen molar-refractivity contribution in [3.05, 3.63) is 40.4 Å². The lowest BCUT2D eigenvalue weighted by molar-refractivity contribution is -0.0888. The molecule has 0 N–H and O–H groups in total. The van der Waals surface area contributed by atoms with Gasteiger partial charge in [0.1, 0.15) is 0 Å². The van der Waals surface area contributed by atoms with Crippen LogP contribution in [0.2, 0.25) is 0 Å². The van der Waals surface area contributed by atoms with E-state index in [4.69, 9.17) is 0 Å². The molecule has 2 aromatic heterocycles. The van der Waals surface area contributed by atoms with Crippen molar-refractivity contribution >= 4 is 21.7 Å². The summed E-state index contributed by atoms with van der Waals surface area (Å²) in [5, 5.41) is 6.67. The fourth-order valence-electron chi connectivity index (χ4n) is 1.29. The Morgan fingerprint density at radius 3 is 2.68 bits per heavy atom. The van der Waals surface area contributed by atoms with Crippen LogP contribution >= 0.6 is 15.9 Å². The molecular formula is C10H6BrF3N4O. The number of halogens is 4. The van der Waals surface area contributed by atoms with Crippen molar-refractivity contribution in [2.75, 3.05) is 0 Å². The molecule has 0 aliphatic heterocycles. The zero-order valence-corrected chi connectivity index (χ0v) is 10.8. The van der Waals surface area contributed by atoms with E-state index in [-0.39, 0.29) is 6.54 Å². The smallest absolute Gasteiger partial charge is 0.282 e. The SMILES string of the molecule is O=C(c1cn(Cc2ccc(Br)cn2)nn1)C(F)(F)F. The average molecular weight is 335 g/mol. The van der Waals surface area contributed by atoms with E-state index in [1.165, 1.54) is 0 Å². The average Bonchev–Trinajstić information content (AvgIpc) is 2.78. The maximum Gasteiger partial charge on any atom is 0.456 e. The molecule has 0 saturated heterocycles. The lowest BCUT2D eigenvalue weighted by atomic mass is 10.3. The van der Waals surface area contributed by atoms with Crippen molar-refractivity contribution in [3.63, 3.8) is 0 Å². The third-order valence-electron chi connectivity index (χ3n) is 2.14. The van der Waals surface area contributed by atoms with Crippen LogP contribution in [0.5, 0.6) is 0 Å². The van der Waals surface area contributed by atoms with Crippen LogP contribution in [-0.2, 0) is 6.54 Å². The predicted octanol–water partition coefficient (Wildman–Crippen LogP) is 2.23. The second kappa shape index (κ2) is 5.08. The number of pyridine rings is 1. The number of carbonyl (C=O) groups excluding carboxylic acids is 1. The molecule has 2 aromatic rings. The number of hydrogen-bond donors (Lipinski definition) is 0. The van der Waals surface area contributed by atoms with Crippen LogP contribution < -0.4 is 0 Å². The number of hydrogen-bond acceptors (Lipinski definition) is 4. The third-order valence-corrected chi connectivity index (χ3v) is 2.61. The number of Topliss-reactive ketones (excluding diaryl/α,β-unsaturated/α-hetero) is 1. The highest BCUT2D eigenvalue weighted by molar-refractivity contribution is 9.10. The van der Waals surface area contributed by atoms with Gasteiger partial charge in [-0.3, -0.25) is 9.78 Å². The van der Waals surface area contributed by atoms with Crippen molar-refractivity contribution < 1.29 is 18.0 Å². The van der Waals surface area contributed by atoms with Crippen molar-refractivity contribution in [3.8, 4) is 0 Å². The largest absolute Gasteiger partial charge is 0.456 e. The number of rotatable bonds is 3. The Morgan fingerprint density at radius 1 is 1.37 bits per heavy atom. The molecule has 0 bridgehead atoms. The van der Waals surface area contributed by atoms with E-state index in [0.717, 1.165) is 15.4 Å². The van der Waals surface area contributed by atoms with Crippen LogP contribution in [0.1, 0.15) is 16.2 Å². The molecule has 0 fully saturated rings. The topological polar surface area (TPSA) is 60.7 Å². The van der Waals surface area contributed by atoms with Crippen molar-refractivity contribution in [2.24, 2.45) is 0 Å². The molecule has 0 spiro atoms. The number of nitrogens with zero attached hydrogens (tertiary/aromatic N) is 4. The highest BCUT2D eigenvalue weighted by atomic mass is 79.9. The van der Waals surface area contributed by atoms with Gasteiger partial charge in [-0.25, -0.2) is 4.68 Å². The van der Waals surface area contributed by atoms with Crippen molar-refractivity contribution in [1.82, 2.24) is 20.0 Å². The molecule has 0 aliphatic carbocycles. The lowest BCUT2D eigenvalue weighted by Crippen LogP contribution is -2.23. The first-order valence-electron chi connectivity index (χ1n) is 4.98. The summed E-state index contributed by atoms with van der Waals surface area (Å²) in [6.45, 7) is 0.130. The Labute approximate surface area is 113 Å². The molecule has 9 heteroatoms. The van der Waals surface area contributed by atoms with Gasteiger partial charge in [0.2, 0.25) is 0 Å². The van der Waals surface area contributed by atoms with E-state index in [1.54, 1.807) is 18.3 Å². The lowest BCUT2D eigenvalue weighted by Gasteiger charge is -2.01. The highest BCUT2D eigenvalue weighted by Gasteiger charge is 2.41. The molecule has 0 amide bonds. The van der Waals surface area contributed by atoms with Crippen LogP contribution in [0.15, 0.2) is 29.0 Å². The van der Waals surface area contributed by atoms with E-state index >= 15 is 0 Å². The van der Waals surface area contributed by atoms with Gasteiger partial charge < -0.3 is 0 Å². The Kier molecular flexibility index (Phi) is 3.65. The van der Waals surface area contributed by atoms with E-state index in [2.05, 4.69) is 31.2 Å². The predicted molar refractivity (Wildman–Crippen MR) is 61.4 cm³/mol. The summed E-state index contributed by atoms with van der Waals surface area (Å²) in [6.07, 6.45) is -2.45. The van der Waals surface area contributed by atoms with E-state index in [0.29, 0.717) is 5.69 Å².